The number of phenolic OH excluding ortho intramolecular Hbond substituents is 2. The molecular formula is C25H24N2O3. The zero-order valence-electron chi connectivity index (χ0n) is 16.6. The summed E-state index contributed by atoms with van der Waals surface area (Å²) in [4.78, 5) is 17.4. The minimum absolute atomic E-state index is 0.00832. The number of rotatable bonds is 3. The second kappa shape index (κ2) is 7.41. The Balaban J connectivity index is 1.42. The van der Waals surface area contributed by atoms with Gasteiger partial charge in [0.2, 0.25) is 0 Å². The van der Waals surface area contributed by atoms with Gasteiger partial charge in [0, 0.05) is 36.8 Å². The molecule has 0 radical (unpaired) electrons. The molecule has 0 aliphatic carbocycles. The molecule has 152 valence electrons. The van der Waals surface area contributed by atoms with Crippen molar-refractivity contribution < 1.29 is 15.0 Å². The average Bonchev–Trinajstić information content (AvgIpc) is 3.08. The van der Waals surface area contributed by atoms with Crippen molar-refractivity contribution in [2.75, 3.05) is 18.0 Å². The first-order chi connectivity index (χ1) is 14.6. The Kier molecular flexibility index (Phi) is 4.58. The minimum Gasteiger partial charge on any atom is -0.508 e. The van der Waals surface area contributed by atoms with Crippen molar-refractivity contribution in [3.05, 3.63) is 89.5 Å². The van der Waals surface area contributed by atoms with Crippen molar-refractivity contribution in [2.24, 2.45) is 0 Å². The van der Waals surface area contributed by atoms with Crippen molar-refractivity contribution in [3.63, 3.8) is 0 Å². The molecule has 0 saturated carbocycles. The highest BCUT2D eigenvalue weighted by molar-refractivity contribution is 5.94. The van der Waals surface area contributed by atoms with Crippen LogP contribution in [0.5, 0.6) is 11.5 Å². The Morgan fingerprint density at radius 2 is 1.57 bits per heavy atom. The number of para-hydroxylation sites is 1. The highest BCUT2D eigenvalue weighted by Gasteiger charge is 2.42. The number of hydrogen-bond acceptors (Lipinski definition) is 4. The van der Waals surface area contributed by atoms with E-state index in [0.29, 0.717) is 18.0 Å². The van der Waals surface area contributed by atoms with Gasteiger partial charge >= 0.3 is 0 Å². The van der Waals surface area contributed by atoms with Gasteiger partial charge in [-0.2, -0.15) is 0 Å². The fourth-order valence-corrected chi connectivity index (χ4v) is 4.82. The van der Waals surface area contributed by atoms with Gasteiger partial charge in [0.1, 0.15) is 11.5 Å². The van der Waals surface area contributed by atoms with Crippen LogP contribution in [-0.4, -0.2) is 40.2 Å². The molecule has 0 aromatic heterocycles. The molecule has 2 aliphatic rings. The van der Waals surface area contributed by atoms with Crippen LogP contribution in [0.3, 0.4) is 0 Å². The Hall–Kier alpha value is -3.47. The molecule has 30 heavy (non-hydrogen) atoms. The monoisotopic (exact) mass is 400 g/mol. The van der Waals surface area contributed by atoms with Crippen LogP contribution < -0.4 is 4.90 Å². The van der Waals surface area contributed by atoms with Crippen LogP contribution in [0.4, 0.5) is 5.69 Å². The number of benzene rings is 3. The smallest absolute Gasteiger partial charge is 0.253 e. The molecule has 0 spiro atoms. The van der Waals surface area contributed by atoms with Gasteiger partial charge in [0.25, 0.3) is 5.91 Å². The Bertz CT molecular complexity index is 1060. The van der Waals surface area contributed by atoms with Crippen LogP contribution in [0, 0.1) is 0 Å². The summed E-state index contributed by atoms with van der Waals surface area (Å²) >= 11 is 0. The first-order valence-corrected chi connectivity index (χ1v) is 10.3. The minimum atomic E-state index is 0.00832. The zero-order chi connectivity index (χ0) is 20.7. The Morgan fingerprint density at radius 3 is 2.30 bits per heavy atom. The summed E-state index contributed by atoms with van der Waals surface area (Å²) in [6.07, 6.45) is 0.928. The molecule has 2 atom stereocenters. The van der Waals surface area contributed by atoms with Crippen molar-refractivity contribution in [1.29, 1.82) is 0 Å². The van der Waals surface area contributed by atoms with Gasteiger partial charge in [-0.15, -0.1) is 0 Å². The third-order valence-corrected chi connectivity index (χ3v) is 6.32. The van der Waals surface area contributed by atoms with Crippen molar-refractivity contribution >= 4 is 11.6 Å². The highest BCUT2D eigenvalue weighted by Crippen LogP contribution is 2.45. The summed E-state index contributed by atoms with van der Waals surface area (Å²) < 4.78 is 0. The second-order valence-corrected chi connectivity index (χ2v) is 8.11. The van der Waals surface area contributed by atoms with Crippen molar-refractivity contribution in [1.82, 2.24) is 4.90 Å². The van der Waals surface area contributed by atoms with Crippen LogP contribution in [0.25, 0.3) is 0 Å². The average molecular weight is 400 g/mol. The first kappa shape index (κ1) is 18.6. The van der Waals surface area contributed by atoms with E-state index in [2.05, 4.69) is 29.2 Å². The number of likely N-dealkylation sites (tertiary alicyclic amines) is 1. The van der Waals surface area contributed by atoms with E-state index in [4.69, 9.17) is 0 Å². The molecular weight excluding hydrogens is 376 g/mol. The summed E-state index contributed by atoms with van der Waals surface area (Å²) in [5.74, 6) is 0.842. The molecule has 2 N–H and O–H groups in total. The lowest BCUT2D eigenvalue weighted by Crippen LogP contribution is -2.50. The topological polar surface area (TPSA) is 64.0 Å². The second-order valence-electron chi connectivity index (χ2n) is 8.11. The number of amides is 1. The van der Waals surface area contributed by atoms with Crippen LogP contribution >= 0.6 is 0 Å². The maximum absolute atomic E-state index is 13.1. The normalized spacial score (nSPS) is 20.0. The summed E-state index contributed by atoms with van der Waals surface area (Å²) in [5, 5.41) is 19.1. The molecule has 0 bridgehead atoms. The molecule has 2 unspecified atom stereocenters. The molecule has 5 nitrogen and oxygen atoms in total. The van der Waals surface area contributed by atoms with Gasteiger partial charge in [-0.1, -0.05) is 30.3 Å². The van der Waals surface area contributed by atoms with Gasteiger partial charge < -0.3 is 20.0 Å². The zero-order valence-corrected chi connectivity index (χ0v) is 16.6. The van der Waals surface area contributed by atoms with Crippen molar-refractivity contribution in [3.8, 4) is 11.5 Å². The first-order valence-electron chi connectivity index (χ1n) is 10.3. The van der Waals surface area contributed by atoms with Crippen LogP contribution in [0.1, 0.15) is 33.8 Å². The number of anilines is 1. The van der Waals surface area contributed by atoms with Gasteiger partial charge in [-0.25, -0.2) is 0 Å². The molecule has 1 saturated heterocycles. The SMILES string of the molecule is O=C(c1ccc(O)cc1)N1CCC2c3ccccc3N(Cc3ccc(O)cc3)C2C1. The number of carbonyl (C=O) groups excluding carboxylic acids is 1. The summed E-state index contributed by atoms with van der Waals surface area (Å²) in [5.41, 5.74) is 4.33. The lowest BCUT2D eigenvalue weighted by Gasteiger charge is -2.39. The van der Waals surface area contributed by atoms with Gasteiger partial charge in [0.15, 0.2) is 0 Å². The third kappa shape index (κ3) is 3.26. The van der Waals surface area contributed by atoms with E-state index < -0.39 is 0 Å². The maximum Gasteiger partial charge on any atom is 0.253 e. The number of piperidine rings is 1. The standard InChI is InChI=1S/C25H24N2O3/c28-19-9-5-17(6-10-19)15-27-23-4-2-1-3-21(23)22-13-14-26(16-24(22)27)25(30)18-7-11-20(29)12-8-18/h1-12,22,24,28-29H,13-16H2. The summed E-state index contributed by atoms with van der Waals surface area (Å²) in [7, 11) is 0. The summed E-state index contributed by atoms with van der Waals surface area (Å²) in [6, 6.07) is 22.6. The van der Waals surface area contributed by atoms with Gasteiger partial charge in [0.05, 0.1) is 6.04 Å². The van der Waals surface area contributed by atoms with E-state index in [1.807, 2.05) is 17.0 Å². The predicted molar refractivity (Wildman–Crippen MR) is 116 cm³/mol. The Morgan fingerprint density at radius 1 is 0.900 bits per heavy atom. The number of hydrogen-bond donors (Lipinski definition) is 2. The number of carbonyl (C=O) groups is 1. The number of fused-ring (bicyclic) bond motifs is 3. The molecule has 3 aromatic carbocycles. The third-order valence-electron chi connectivity index (χ3n) is 6.32. The molecule has 5 rings (SSSR count). The largest absolute Gasteiger partial charge is 0.508 e. The van der Waals surface area contributed by atoms with Gasteiger partial charge in [-0.05, 0) is 60.0 Å². The number of aromatic hydroxyl groups is 2. The molecule has 5 heteroatoms. The number of nitrogens with zero attached hydrogens (tertiary/aromatic N) is 2. The highest BCUT2D eigenvalue weighted by atomic mass is 16.3. The van der Waals surface area contributed by atoms with Crippen LogP contribution in [-0.2, 0) is 6.54 Å². The van der Waals surface area contributed by atoms with E-state index in [1.165, 1.54) is 11.3 Å². The summed E-state index contributed by atoms with van der Waals surface area (Å²) in [6.45, 7) is 2.12. The molecule has 2 heterocycles. The lowest BCUT2D eigenvalue weighted by atomic mass is 9.88. The van der Waals surface area contributed by atoms with E-state index in [-0.39, 0.29) is 23.4 Å². The van der Waals surface area contributed by atoms with E-state index in [1.54, 1.807) is 36.4 Å². The molecule has 2 aliphatic heterocycles. The fraction of sp³-hybridized carbons (Fsp3) is 0.240. The quantitative estimate of drug-likeness (QED) is 0.694. The number of phenols is 2. The van der Waals surface area contributed by atoms with Crippen LogP contribution in [0.2, 0.25) is 0 Å². The fourth-order valence-electron chi connectivity index (χ4n) is 4.82. The van der Waals surface area contributed by atoms with E-state index in [0.717, 1.165) is 25.1 Å². The van der Waals surface area contributed by atoms with E-state index in [9.17, 15) is 15.0 Å². The van der Waals surface area contributed by atoms with E-state index >= 15 is 0 Å². The predicted octanol–water partition coefficient (Wildman–Crippen LogP) is 4.12. The van der Waals surface area contributed by atoms with Crippen molar-refractivity contribution in [2.45, 2.75) is 24.9 Å². The Labute approximate surface area is 175 Å². The maximum atomic E-state index is 13.1. The molecule has 1 amide bonds. The molecule has 3 aromatic rings. The van der Waals surface area contributed by atoms with Gasteiger partial charge in [-0.3, -0.25) is 4.79 Å². The lowest BCUT2D eigenvalue weighted by molar-refractivity contribution is 0.0696. The molecule has 1 fully saturated rings. The van der Waals surface area contributed by atoms with Crippen LogP contribution in [0.15, 0.2) is 72.8 Å².